The highest BCUT2D eigenvalue weighted by molar-refractivity contribution is 7.98. The van der Waals surface area contributed by atoms with E-state index in [-0.39, 0.29) is 6.10 Å². The maximum Gasteiger partial charge on any atom is 0.191 e. The topological polar surface area (TPSA) is 50.3 Å². The van der Waals surface area contributed by atoms with Gasteiger partial charge in [-0.1, -0.05) is 18.7 Å². The molecular weight excluding hydrogens is 272 g/mol. The fraction of sp³-hybridized carbons (Fsp3) is 0.714. The number of hydrogen-bond donors (Lipinski definition) is 1. The summed E-state index contributed by atoms with van der Waals surface area (Å²) in [6, 6.07) is 1.99. The Balaban J connectivity index is 2.70. The largest absolute Gasteiger partial charge is 0.377 e. The van der Waals surface area contributed by atoms with E-state index >= 15 is 0 Å². The van der Waals surface area contributed by atoms with Crippen LogP contribution in [0.5, 0.6) is 0 Å². The van der Waals surface area contributed by atoms with Crippen LogP contribution in [0.2, 0.25) is 0 Å². The predicted molar refractivity (Wildman–Crippen MR) is 87.0 cm³/mol. The van der Waals surface area contributed by atoms with Gasteiger partial charge in [0, 0.05) is 26.2 Å². The summed E-state index contributed by atoms with van der Waals surface area (Å²) >= 11 is 1.56. The van der Waals surface area contributed by atoms with Crippen LogP contribution >= 0.6 is 11.8 Å². The fourth-order valence-corrected chi connectivity index (χ4v) is 1.96. The molecule has 0 radical (unpaired) electrons. The van der Waals surface area contributed by atoms with Crippen LogP contribution in [0.15, 0.2) is 11.2 Å². The van der Waals surface area contributed by atoms with E-state index in [4.69, 9.17) is 4.74 Å². The molecule has 1 aromatic heterocycles. The third-order valence-electron chi connectivity index (χ3n) is 2.70. The van der Waals surface area contributed by atoms with Crippen molar-refractivity contribution in [2.45, 2.75) is 38.5 Å². The summed E-state index contributed by atoms with van der Waals surface area (Å²) in [6.45, 7) is 8.66. The lowest BCUT2D eigenvalue weighted by atomic mass is 10.4. The fourth-order valence-electron chi connectivity index (χ4n) is 1.58. The second-order valence-corrected chi connectivity index (χ2v) is 5.64. The Hall–Kier alpha value is -1.01. The Morgan fingerprint density at radius 3 is 2.75 bits per heavy atom. The maximum atomic E-state index is 5.58. The summed E-state index contributed by atoms with van der Waals surface area (Å²) in [5.74, 6) is 1.81. The summed E-state index contributed by atoms with van der Waals surface area (Å²) in [5.41, 5.74) is 0. The number of anilines is 2. The van der Waals surface area contributed by atoms with Gasteiger partial charge in [0.15, 0.2) is 5.16 Å². The van der Waals surface area contributed by atoms with Crippen molar-refractivity contribution in [2.24, 2.45) is 0 Å². The van der Waals surface area contributed by atoms with Gasteiger partial charge in [-0.2, -0.15) is 0 Å². The molecule has 0 fully saturated rings. The molecule has 0 saturated carbocycles. The van der Waals surface area contributed by atoms with Crippen LogP contribution in [-0.4, -0.2) is 49.1 Å². The van der Waals surface area contributed by atoms with Crippen LogP contribution in [0, 0.1) is 0 Å². The highest BCUT2D eigenvalue weighted by Crippen LogP contribution is 2.19. The number of hydrogen-bond acceptors (Lipinski definition) is 6. The highest BCUT2D eigenvalue weighted by Gasteiger charge is 2.08. The third kappa shape index (κ3) is 5.96. The van der Waals surface area contributed by atoms with E-state index in [1.807, 2.05) is 33.2 Å². The smallest absolute Gasteiger partial charge is 0.191 e. The summed E-state index contributed by atoms with van der Waals surface area (Å²) in [6.07, 6.45) is 3.33. The Bertz CT molecular complexity index is 401. The minimum atomic E-state index is 0.261. The SMILES string of the molecule is CCCNc1cc(N(C)CCOC(C)C)nc(SC)n1. The van der Waals surface area contributed by atoms with Crippen molar-refractivity contribution >= 4 is 23.4 Å². The highest BCUT2D eigenvalue weighted by atomic mass is 32.2. The average Bonchev–Trinajstić information content (AvgIpc) is 2.44. The van der Waals surface area contributed by atoms with E-state index in [9.17, 15) is 0 Å². The summed E-state index contributed by atoms with van der Waals surface area (Å²) in [4.78, 5) is 11.1. The van der Waals surface area contributed by atoms with Gasteiger partial charge < -0.3 is 15.0 Å². The monoisotopic (exact) mass is 298 g/mol. The minimum Gasteiger partial charge on any atom is -0.377 e. The minimum absolute atomic E-state index is 0.261. The van der Waals surface area contributed by atoms with E-state index < -0.39 is 0 Å². The molecule has 0 amide bonds. The van der Waals surface area contributed by atoms with Crippen LogP contribution in [0.3, 0.4) is 0 Å². The lowest BCUT2D eigenvalue weighted by Gasteiger charge is -2.20. The first-order valence-corrected chi connectivity index (χ1v) is 8.29. The van der Waals surface area contributed by atoms with Crippen molar-refractivity contribution in [1.29, 1.82) is 0 Å². The van der Waals surface area contributed by atoms with E-state index in [1.54, 1.807) is 11.8 Å². The third-order valence-corrected chi connectivity index (χ3v) is 3.25. The van der Waals surface area contributed by atoms with Gasteiger partial charge in [0.2, 0.25) is 0 Å². The van der Waals surface area contributed by atoms with E-state index in [1.165, 1.54) is 0 Å². The molecule has 1 rings (SSSR count). The zero-order valence-corrected chi connectivity index (χ0v) is 14.0. The van der Waals surface area contributed by atoms with Crippen LogP contribution < -0.4 is 10.2 Å². The molecule has 1 N–H and O–H groups in total. The number of ether oxygens (including phenoxy) is 1. The van der Waals surface area contributed by atoms with Crippen molar-refractivity contribution in [3.8, 4) is 0 Å². The normalized spacial score (nSPS) is 10.9. The van der Waals surface area contributed by atoms with Gasteiger partial charge in [0.25, 0.3) is 0 Å². The zero-order chi connectivity index (χ0) is 15.0. The van der Waals surface area contributed by atoms with Crippen LogP contribution in [-0.2, 0) is 4.74 Å². The molecular formula is C14H26N4OS. The molecule has 0 bridgehead atoms. The molecule has 1 heterocycles. The van der Waals surface area contributed by atoms with Gasteiger partial charge in [-0.15, -0.1) is 0 Å². The molecule has 0 atom stereocenters. The zero-order valence-electron chi connectivity index (χ0n) is 13.1. The molecule has 0 aliphatic carbocycles. The molecule has 0 aliphatic heterocycles. The van der Waals surface area contributed by atoms with Crippen LogP contribution in [0.1, 0.15) is 27.2 Å². The molecule has 0 spiro atoms. The first kappa shape index (κ1) is 17.0. The lowest BCUT2D eigenvalue weighted by molar-refractivity contribution is 0.0845. The molecule has 0 saturated heterocycles. The molecule has 0 aliphatic rings. The number of aromatic nitrogens is 2. The van der Waals surface area contributed by atoms with Crippen molar-refractivity contribution in [1.82, 2.24) is 9.97 Å². The van der Waals surface area contributed by atoms with Crippen molar-refractivity contribution < 1.29 is 4.74 Å². The molecule has 1 aromatic rings. The first-order valence-electron chi connectivity index (χ1n) is 7.06. The second-order valence-electron chi connectivity index (χ2n) is 4.87. The van der Waals surface area contributed by atoms with Gasteiger partial charge in [0.05, 0.1) is 12.7 Å². The van der Waals surface area contributed by atoms with Crippen LogP contribution in [0.25, 0.3) is 0 Å². The first-order chi connectivity index (χ1) is 9.56. The number of rotatable bonds is 9. The molecule has 6 heteroatoms. The van der Waals surface area contributed by atoms with Gasteiger partial charge in [-0.25, -0.2) is 9.97 Å². The quantitative estimate of drug-likeness (QED) is 0.559. The van der Waals surface area contributed by atoms with Gasteiger partial charge in [-0.05, 0) is 26.5 Å². The van der Waals surface area contributed by atoms with Crippen molar-refractivity contribution in [2.75, 3.05) is 43.2 Å². The van der Waals surface area contributed by atoms with Gasteiger partial charge >= 0.3 is 0 Å². The Morgan fingerprint density at radius 1 is 1.40 bits per heavy atom. The van der Waals surface area contributed by atoms with Crippen molar-refractivity contribution in [3.63, 3.8) is 0 Å². The number of nitrogens with zero attached hydrogens (tertiary/aromatic N) is 3. The standard InChI is InChI=1S/C14H26N4OS/c1-6-7-15-12-10-13(17-14(16-12)20-5)18(4)8-9-19-11(2)3/h10-11H,6-9H2,1-5H3,(H,15,16,17). The van der Waals surface area contributed by atoms with Gasteiger partial charge in [0.1, 0.15) is 11.6 Å². The van der Waals surface area contributed by atoms with Gasteiger partial charge in [-0.3, -0.25) is 0 Å². The number of likely N-dealkylation sites (N-methyl/N-ethyl adjacent to an activating group) is 1. The number of thioether (sulfide) groups is 1. The average molecular weight is 298 g/mol. The Kier molecular flexibility index (Phi) is 7.69. The predicted octanol–water partition coefficient (Wildman–Crippen LogP) is 2.88. The number of nitrogens with one attached hydrogen (secondary N) is 1. The van der Waals surface area contributed by atoms with Crippen molar-refractivity contribution in [3.05, 3.63) is 6.07 Å². The second kappa shape index (κ2) is 9.02. The molecule has 0 unspecified atom stereocenters. The van der Waals surface area contributed by atoms with E-state index in [2.05, 4.69) is 27.1 Å². The molecule has 0 aromatic carbocycles. The lowest BCUT2D eigenvalue weighted by Crippen LogP contribution is -2.25. The maximum absolute atomic E-state index is 5.58. The molecule has 20 heavy (non-hydrogen) atoms. The Morgan fingerprint density at radius 2 is 2.15 bits per heavy atom. The molecule has 114 valence electrons. The summed E-state index contributed by atoms with van der Waals surface area (Å²) in [7, 11) is 2.03. The van der Waals surface area contributed by atoms with Crippen LogP contribution in [0.4, 0.5) is 11.6 Å². The Labute approximate surface area is 126 Å². The van der Waals surface area contributed by atoms with E-state index in [0.717, 1.165) is 36.3 Å². The molecule has 5 nitrogen and oxygen atoms in total. The summed E-state index contributed by atoms with van der Waals surface area (Å²) in [5, 5.41) is 4.11. The van der Waals surface area contributed by atoms with E-state index in [0.29, 0.717) is 6.61 Å². The summed E-state index contributed by atoms with van der Waals surface area (Å²) < 4.78 is 5.58.